The van der Waals surface area contributed by atoms with E-state index in [1.807, 2.05) is 60.8 Å². The summed E-state index contributed by atoms with van der Waals surface area (Å²) < 4.78 is 4.88. The number of benzene rings is 3. The van der Waals surface area contributed by atoms with E-state index >= 15 is 0 Å². The van der Waals surface area contributed by atoms with E-state index in [1.165, 1.54) is 12.7 Å². The maximum atomic E-state index is 13.0. The molecule has 0 radical (unpaired) electrons. The zero-order valence-electron chi connectivity index (χ0n) is 25.3. The number of methoxy groups -OCH3 is 1. The molecule has 3 aromatic carbocycles. The number of aryl methyl sites for hydroxylation is 2. The lowest BCUT2D eigenvalue weighted by molar-refractivity contribution is -0.143. The number of amides is 2. The highest BCUT2D eigenvalue weighted by Gasteiger charge is 2.23. The number of ether oxygens (including phenoxy) is 1. The van der Waals surface area contributed by atoms with Crippen molar-refractivity contribution in [3.05, 3.63) is 107 Å². The van der Waals surface area contributed by atoms with Gasteiger partial charge in [0.25, 0.3) is 5.91 Å². The molecule has 2 heterocycles. The Hall–Kier alpha value is -5.36. The third kappa shape index (κ3) is 8.42. The number of carbonyl (C=O) groups is 3. The first kappa shape index (κ1) is 32.0. The van der Waals surface area contributed by atoms with Crippen LogP contribution in [-0.4, -0.2) is 45.9 Å². The van der Waals surface area contributed by atoms with Crippen LogP contribution in [0.4, 0.5) is 17.5 Å². The molecule has 5 aromatic rings. The van der Waals surface area contributed by atoms with Crippen LogP contribution in [0.15, 0.2) is 90.0 Å². The van der Waals surface area contributed by atoms with Crippen LogP contribution in [0.5, 0.6) is 0 Å². The Morgan fingerprint density at radius 2 is 1.65 bits per heavy atom. The lowest BCUT2D eigenvalue weighted by Gasteiger charge is -2.16. The van der Waals surface area contributed by atoms with Crippen LogP contribution in [0.3, 0.4) is 0 Å². The molecule has 1 atom stereocenters. The van der Waals surface area contributed by atoms with Gasteiger partial charge >= 0.3 is 5.97 Å². The molecule has 11 nitrogen and oxygen atoms in total. The van der Waals surface area contributed by atoms with Crippen molar-refractivity contribution in [2.75, 3.05) is 23.9 Å². The normalized spacial score (nSPS) is 11.6. The average molecular weight is 638 g/mol. The highest BCUT2D eigenvalue weighted by atomic mass is 32.2. The topological polar surface area (TPSA) is 178 Å². The molecule has 5 rings (SSSR count). The number of nitrogens with one attached hydrogen (secondary N) is 3. The number of carbonyl (C=O) groups excluding carboxylic acids is 3. The van der Waals surface area contributed by atoms with Crippen molar-refractivity contribution in [2.45, 2.75) is 42.4 Å². The first-order valence-corrected chi connectivity index (χ1v) is 15.7. The van der Waals surface area contributed by atoms with Crippen LogP contribution in [-0.2, 0) is 32.9 Å². The molecule has 0 fully saturated rings. The van der Waals surface area contributed by atoms with Crippen molar-refractivity contribution >= 4 is 58.0 Å². The molecule has 236 valence electrons. The number of nitrogen functional groups attached to an aromatic ring is 2. The van der Waals surface area contributed by atoms with Gasteiger partial charge in [0.1, 0.15) is 17.5 Å². The number of esters is 1. The van der Waals surface area contributed by atoms with E-state index in [2.05, 4.69) is 37.7 Å². The maximum absolute atomic E-state index is 13.0. The van der Waals surface area contributed by atoms with E-state index in [0.29, 0.717) is 35.6 Å². The molecule has 0 saturated heterocycles. The van der Waals surface area contributed by atoms with E-state index < -0.39 is 17.9 Å². The zero-order valence-corrected chi connectivity index (χ0v) is 26.1. The SMILES string of the molecule is COC(=O)[C@H](CCC(=O)Nc1ccc(SCc2ccccc2)cc1)NC(=O)c1ccc(CCc2c[nH]c3nc(N)nc(N)c23)cc1. The van der Waals surface area contributed by atoms with Gasteiger partial charge < -0.3 is 31.8 Å². The Balaban J connectivity index is 1.10. The third-order valence-electron chi connectivity index (χ3n) is 7.40. The number of aromatic nitrogens is 3. The van der Waals surface area contributed by atoms with E-state index in [1.54, 1.807) is 23.9 Å². The fourth-order valence-corrected chi connectivity index (χ4v) is 5.81. The van der Waals surface area contributed by atoms with E-state index in [-0.39, 0.29) is 24.7 Å². The highest BCUT2D eigenvalue weighted by molar-refractivity contribution is 7.98. The number of anilines is 3. The summed E-state index contributed by atoms with van der Waals surface area (Å²) in [6.07, 6.45) is 3.30. The second kappa shape index (κ2) is 15.1. The van der Waals surface area contributed by atoms with E-state index in [0.717, 1.165) is 27.2 Å². The molecular formula is C34H35N7O4S. The van der Waals surface area contributed by atoms with Crippen LogP contribution >= 0.6 is 11.8 Å². The first-order valence-electron chi connectivity index (χ1n) is 14.7. The number of H-pyrrole nitrogens is 1. The molecule has 12 heteroatoms. The number of nitrogens with zero attached hydrogens (tertiary/aromatic N) is 2. The summed E-state index contributed by atoms with van der Waals surface area (Å²) in [4.78, 5) is 50.5. The molecular weight excluding hydrogens is 602 g/mol. The number of aromatic amines is 1. The first-order chi connectivity index (χ1) is 22.3. The Morgan fingerprint density at radius 3 is 2.37 bits per heavy atom. The fourth-order valence-electron chi connectivity index (χ4n) is 4.95. The van der Waals surface area contributed by atoms with Crippen molar-refractivity contribution in [2.24, 2.45) is 0 Å². The van der Waals surface area contributed by atoms with Gasteiger partial charge in [-0.3, -0.25) is 9.59 Å². The van der Waals surface area contributed by atoms with Gasteiger partial charge in [0.15, 0.2) is 0 Å². The number of nitrogens with two attached hydrogens (primary N) is 2. The summed E-state index contributed by atoms with van der Waals surface area (Å²) in [7, 11) is 1.25. The molecule has 0 unspecified atom stereocenters. The Labute approximate surface area is 270 Å². The van der Waals surface area contributed by atoms with Crippen LogP contribution in [0.2, 0.25) is 0 Å². The monoisotopic (exact) mass is 637 g/mol. The minimum absolute atomic E-state index is 0.0134. The predicted octanol–water partition coefficient (Wildman–Crippen LogP) is 4.89. The summed E-state index contributed by atoms with van der Waals surface area (Å²) in [5.74, 6) is -0.0476. The number of hydrogen-bond donors (Lipinski definition) is 5. The van der Waals surface area contributed by atoms with E-state index in [4.69, 9.17) is 16.2 Å². The summed E-state index contributed by atoms with van der Waals surface area (Å²) in [6, 6.07) is 23.9. The predicted molar refractivity (Wildman–Crippen MR) is 180 cm³/mol. The summed E-state index contributed by atoms with van der Waals surface area (Å²) in [5.41, 5.74) is 16.6. The number of rotatable bonds is 13. The number of hydrogen-bond acceptors (Lipinski definition) is 9. The van der Waals surface area contributed by atoms with Crippen molar-refractivity contribution < 1.29 is 19.1 Å². The van der Waals surface area contributed by atoms with Gasteiger partial charge in [0, 0.05) is 34.5 Å². The molecule has 0 saturated carbocycles. The minimum Gasteiger partial charge on any atom is -0.467 e. The quantitative estimate of drug-likeness (QED) is 0.0888. The fraction of sp³-hybridized carbons (Fsp3) is 0.206. The van der Waals surface area contributed by atoms with Crippen molar-refractivity contribution in [3.63, 3.8) is 0 Å². The van der Waals surface area contributed by atoms with Crippen LogP contribution in [0.25, 0.3) is 11.0 Å². The second-order valence-corrected chi connectivity index (χ2v) is 11.7. The second-order valence-electron chi connectivity index (χ2n) is 10.6. The minimum atomic E-state index is -0.983. The van der Waals surface area contributed by atoms with Gasteiger partial charge in [-0.15, -0.1) is 11.8 Å². The van der Waals surface area contributed by atoms with Gasteiger partial charge in [-0.2, -0.15) is 9.97 Å². The molecule has 0 spiro atoms. The molecule has 2 amide bonds. The molecule has 0 aliphatic rings. The summed E-state index contributed by atoms with van der Waals surface area (Å²) >= 11 is 1.71. The molecule has 7 N–H and O–H groups in total. The zero-order chi connectivity index (χ0) is 32.5. The summed E-state index contributed by atoms with van der Waals surface area (Å²) in [5, 5.41) is 6.30. The Kier molecular flexibility index (Phi) is 10.5. The molecule has 0 bridgehead atoms. The molecule has 0 aliphatic heterocycles. The molecule has 46 heavy (non-hydrogen) atoms. The molecule has 2 aromatic heterocycles. The van der Waals surface area contributed by atoms with Gasteiger partial charge in [-0.1, -0.05) is 42.5 Å². The van der Waals surface area contributed by atoms with Crippen LogP contribution in [0, 0.1) is 0 Å². The van der Waals surface area contributed by atoms with Gasteiger partial charge in [0.05, 0.1) is 12.5 Å². The van der Waals surface area contributed by atoms with Gasteiger partial charge in [0.2, 0.25) is 11.9 Å². The summed E-state index contributed by atoms with van der Waals surface area (Å²) in [6.45, 7) is 0. The van der Waals surface area contributed by atoms with Crippen molar-refractivity contribution in [1.29, 1.82) is 0 Å². The lowest BCUT2D eigenvalue weighted by Crippen LogP contribution is -2.42. The van der Waals surface area contributed by atoms with E-state index in [9.17, 15) is 14.4 Å². The Morgan fingerprint density at radius 1 is 0.913 bits per heavy atom. The highest BCUT2D eigenvalue weighted by Crippen LogP contribution is 2.25. The lowest BCUT2D eigenvalue weighted by atomic mass is 10.0. The van der Waals surface area contributed by atoms with Gasteiger partial charge in [-0.05, 0) is 72.4 Å². The van der Waals surface area contributed by atoms with Gasteiger partial charge in [-0.25, -0.2) is 4.79 Å². The number of fused-ring (bicyclic) bond motifs is 1. The number of thioether (sulfide) groups is 1. The van der Waals surface area contributed by atoms with Crippen LogP contribution < -0.4 is 22.1 Å². The third-order valence-corrected chi connectivity index (χ3v) is 8.48. The molecule has 0 aliphatic carbocycles. The van der Waals surface area contributed by atoms with Crippen molar-refractivity contribution in [1.82, 2.24) is 20.3 Å². The standard InChI is InChI=1S/C34H35N7O4S/c1-45-33(44)27(17-18-28(42)38-25-13-15-26(16-14-25)46-20-22-5-3-2-4-6-22)39-32(43)23-10-7-21(8-11-23)9-12-24-19-37-31-29(24)30(35)40-34(36)41-31/h2-8,10-11,13-16,19,27H,9,12,17-18,20H2,1H3,(H,38,42)(H,39,43)(H5,35,36,37,40,41)/t27-/m0/s1. The maximum Gasteiger partial charge on any atom is 0.328 e. The smallest absolute Gasteiger partial charge is 0.328 e. The largest absolute Gasteiger partial charge is 0.467 e. The van der Waals surface area contributed by atoms with Crippen LogP contribution in [0.1, 0.15) is 39.9 Å². The van der Waals surface area contributed by atoms with Crippen molar-refractivity contribution in [3.8, 4) is 0 Å². The Bertz CT molecular complexity index is 1810. The average Bonchev–Trinajstić information content (AvgIpc) is 3.48.